The average molecular weight is 309 g/mol. The molecule has 0 spiro atoms. The van der Waals surface area contributed by atoms with Crippen LogP contribution >= 0.6 is 11.6 Å². The first kappa shape index (κ1) is 14.4. The van der Waals surface area contributed by atoms with Crippen LogP contribution in [0.15, 0.2) is 36.4 Å². The van der Waals surface area contributed by atoms with Gasteiger partial charge in [0, 0.05) is 23.8 Å². The molecule has 0 amide bonds. The smallest absolute Gasteiger partial charge is 0.140 e. The zero-order valence-electron chi connectivity index (χ0n) is 11.7. The van der Waals surface area contributed by atoms with Crippen LogP contribution in [0.3, 0.4) is 0 Å². The average Bonchev–Trinajstić information content (AvgIpc) is 2.99. The Morgan fingerprint density at radius 3 is 2.68 bits per heavy atom. The maximum atomic E-state index is 9.44. The Hall–Kier alpha value is -2.53. The molecule has 0 fully saturated rings. The van der Waals surface area contributed by atoms with Gasteiger partial charge in [0.15, 0.2) is 0 Å². The van der Waals surface area contributed by atoms with Crippen molar-refractivity contribution in [1.29, 1.82) is 10.5 Å². The van der Waals surface area contributed by atoms with Crippen LogP contribution in [0, 0.1) is 22.7 Å². The van der Waals surface area contributed by atoms with E-state index in [2.05, 4.69) is 34.9 Å². The molecule has 0 saturated carbocycles. The van der Waals surface area contributed by atoms with E-state index in [1.165, 1.54) is 11.1 Å². The zero-order chi connectivity index (χ0) is 15.5. The third-order valence-electron chi connectivity index (χ3n) is 3.66. The van der Waals surface area contributed by atoms with Crippen molar-refractivity contribution in [3.63, 3.8) is 0 Å². The van der Waals surface area contributed by atoms with Gasteiger partial charge in [-0.15, -0.1) is 0 Å². The maximum absolute atomic E-state index is 9.44. The molecular formula is C17H13ClN4. The second-order valence-corrected chi connectivity index (χ2v) is 5.61. The van der Waals surface area contributed by atoms with Crippen molar-refractivity contribution in [2.45, 2.75) is 19.1 Å². The number of anilines is 1. The number of nitrogens with one attached hydrogen (secondary N) is 2. The standard InChI is InChI=1S/C17H13ClN4/c18-15-4-11(7-19)3-13(5-15)17(8-20)22-16-2-1-12-9-21-10-14(12)6-16/h1-6,17,21-22H,9-10H2/t17-/m0/s1. The van der Waals surface area contributed by atoms with Crippen molar-refractivity contribution in [3.05, 3.63) is 63.7 Å². The number of fused-ring (bicyclic) bond motifs is 1. The Bertz CT molecular complexity index is 801. The molecule has 1 atom stereocenters. The van der Waals surface area contributed by atoms with E-state index in [1.807, 2.05) is 6.07 Å². The summed E-state index contributed by atoms with van der Waals surface area (Å²) in [6.45, 7) is 1.73. The van der Waals surface area contributed by atoms with Crippen molar-refractivity contribution >= 4 is 17.3 Å². The molecule has 2 N–H and O–H groups in total. The van der Waals surface area contributed by atoms with Gasteiger partial charge in [0.25, 0.3) is 0 Å². The lowest BCUT2D eigenvalue weighted by atomic mass is 10.0. The topological polar surface area (TPSA) is 71.6 Å². The minimum atomic E-state index is -0.557. The third-order valence-corrected chi connectivity index (χ3v) is 3.88. The molecule has 0 aliphatic carbocycles. The summed E-state index contributed by atoms with van der Waals surface area (Å²) in [7, 11) is 0. The van der Waals surface area contributed by atoms with Gasteiger partial charge in [0.05, 0.1) is 17.7 Å². The molecule has 2 aromatic rings. The van der Waals surface area contributed by atoms with Crippen LogP contribution < -0.4 is 10.6 Å². The van der Waals surface area contributed by atoms with Gasteiger partial charge in [-0.25, -0.2) is 0 Å². The summed E-state index contributed by atoms with van der Waals surface area (Å²) in [5.41, 5.74) is 4.54. The Morgan fingerprint density at radius 2 is 1.91 bits per heavy atom. The van der Waals surface area contributed by atoms with Crippen LogP contribution in [0.25, 0.3) is 0 Å². The first-order valence-electron chi connectivity index (χ1n) is 6.89. The van der Waals surface area contributed by atoms with Crippen LogP contribution in [-0.2, 0) is 13.1 Å². The summed E-state index contributed by atoms with van der Waals surface area (Å²) < 4.78 is 0. The Morgan fingerprint density at radius 1 is 1.09 bits per heavy atom. The number of halogens is 1. The van der Waals surface area contributed by atoms with Crippen molar-refractivity contribution in [2.24, 2.45) is 0 Å². The minimum absolute atomic E-state index is 0.447. The molecule has 0 bridgehead atoms. The monoisotopic (exact) mass is 308 g/mol. The van der Waals surface area contributed by atoms with E-state index in [0.717, 1.165) is 18.8 Å². The molecule has 5 heteroatoms. The quantitative estimate of drug-likeness (QED) is 0.910. The minimum Gasteiger partial charge on any atom is -0.366 e. The summed E-state index contributed by atoms with van der Waals surface area (Å²) in [6.07, 6.45) is 0. The fraction of sp³-hybridized carbons (Fsp3) is 0.176. The van der Waals surface area contributed by atoms with Gasteiger partial charge in [0.2, 0.25) is 0 Å². The lowest BCUT2D eigenvalue weighted by molar-refractivity contribution is 0.765. The van der Waals surface area contributed by atoms with Gasteiger partial charge in [-0.1, -0.05) is 17.7 Å². The lowest BCUT2D eigenvalue weighted by Crippen LogP contribution is -2.09. The van der Waals surface area contributed by atoms with Gasteiger partial charge in [0.1, 0.15) is 6.04 Å². The lowest BCUT2D eigenvalue weighted by Gasteiger charge is -2.15. The largest absolute Gasteiger partial charge is 0.366 e. The molecule has 1 aliphatic heterocycles. The number of nitrogens with zero attached hydrogens (tertiary/aromatic N) is 2. The fourth-order valence-electron chi connectivity index (χ4n) is 2.58. The second kappa shape index (κ2) is 6.07. The predicted octanol–water partition coefficient (Wildman–Crippen LogP) is 3.49. The van der Waals surface area contributed by atoms with Gasteiger partial charge < -0.3 is 10.6 Å². The van der Waals surface area contributed by atoms with Crippen molar-refractivity contribution in [3.8, 4) is 12.1 Å². The van der Waals surface area contributed by atoms with Gasteiger partial charge in [-0.05, 0) is 47.0 Å². The van der Waals surface area contributed by atoms with Gasteiger partial charge in [-0.3, -0.25) is 0 Å². The van der Waals surface area contributed by atoms with E-state index in [4.69, 9.17) is 16.9 Å². The molecule has 2 aromatic carbocycles. The number of hydrogen-bond acceptors (Lipinski definition) is 4. The molecule has 22 heavy (non-hydrogen) atoms. The highest BCUT2D eigenvalue weighted by Crippen LogP contribution is 2.26. The van der Waals surface area contributed by atoms with Crippen molar-refractivity contribution in [2.75, 3.05) is 5.32 Å². The first-order chi connectivity index (χ1) is 10.7. The van der Waals surface area contributed by atoms with E-state index < -0.39 is 6.04 Å². The first-order valence-corrected chi connectivity index (χ1v) is 7.26. The molecule has 0 aromatic heterocycles. The fourth-order valence-corrected chi connectivity index (χ4v) is 2.83. The van der Waals surface area contributed by atoms with Crippen LogP contribution in [0.4, 0.5) is 5.69 Å². The Balaban J connectivity index is 1.88. The van der Waals surface area contributed by atoms with Gasteiger partial charge >= 0.3 is 0 Å². The second-order valence-electron chi connectivity index (χ2n) is 5.18. The van der Waals surface area contributed by atoms with Crippen LogP contribution in [-0.4, -0.2) is 0 Å². The molecule has 108 valence electrons. The summed E-state index contributed by atoms with van der Waals surface area (Å²) in [4.78, 5) is 0. The van der Waals surface area contributed by atoms with E-state index in [9.17, 15) is 5.26 Å². The molecule has 3 rings (SSSR count). The molecule has 1 heterocycles. The van der Waals surface area contributed by atoms with Crippen molar-refractivity contribution < 1.29 is 0 Å². The van der Waals surface area contributed by atoms with Crippen LogP contribution in [0.5, 0.6) is 0 Å². The van der Waals surface area contributed by atoms with E-state index in [-0.39, 0.29) is 0 Å². The highest BCUT2D eigenvalue weighted by atomic mass is 35.5. The Labute approximate surface area is 133 Å². The molecule has 0 unspecified atom stereocenters. The highest BCUT2D eigenvalue weighted by Gasteiger charge is 2.15. The van der Waals surface area contributed by atoms with Crippen LogP contribution in [0.2, 0.25) is 5.02 Å². The Kier molecular flexibility index (Phi) is 3.98. The highest BCUT2D eigenvalue weighted by molar-refractivity contribution is 6.30. The molecular weight excluding hydrogens is 296 g/mol. The third kappa shape index (κ3) is 2.89. The van der Waals surface area contributed by atoms with Gasteiger partial charge in [-0.2, -0.15) is 10.5 Å². The number of rotatable bonds is 3. The molecule has 0 saturated heterocycles. The summed E-state index contributed by atoms with van der Waals surface area (Å²) in [5.74, 6) is 0. The maximum Gasteiger partial charge on any atom is 0.140 e. The number of nitriles is 2. The normalized spacial score (nSPS) is 13.8. The predicted molar refractivity (Wildman–Crippen MR) is 85.1 cm³/mol. The van der Waals surface area contributed by atoms with Crippen LogP contribution in [0.1, 0.15) is 28.3 Å². The van der Waals surface area contributed by atoms with E-state index in [1.54, 1.807) is 18.2 Å². The van der Waals surface area contributed by atoms with E-state index >= 15 is 0 Å². The van der Waals surface area contributed by atoms with Crippen molar-refractivity contribution in [1.82, 2.24) is 5.32 Å². The molecule has 0 radical (unpaired) electrons. The number of benzene rings is 2. The summed E-state index contributed by atoms with van der Waals surface area (Å²) >= 11 is 6.01. The summed E-state index contributed by atoms with van der Waals surface area (Å²) in [6, 6.07) is 14.8. The number of hydrogen-bond donors (Lipinski definition) is 2. The molecule has 1 aliphatic rings. The zero-order valence-corrected chi connectivity index (χ0v) is 12.5. The summed E-state index contributed by atoms with van der Waals surface area (Å²) in [5, 5.41) is 25.4. The van der Waals surface area contributed by atoms with E-state index in [0.29, 0.717) is 16.1 Å². The molecule has 4 nitrogen and oxygen atoms in total. The SMILES string of the molecule is N#Cc1cc(Cl)cc([C@H](C#N)Nc2ccc3c(c2)CNC3)c1.